The summed E-state index contributed by atoms with van der Waals surface area (Å²) in [4.78, 5) is 42.4. The number of hydrogen-bond acceptors (Lipinski definition) is 7. The van der Waals surface area contributed by atoms with E-state index in [1.54, 1.807) is 0 Å². The quantitative estimate of drug-likeness (QED) is 0.435. The fraction of sp³-hybridized carbons (Fsp3) is 0.355. The van der Waals surface area contributed by atoms with Crippen LogP contribution in [-0.4, -0.2) is 42.1 Å². The normalized spacial score (nSPS) is 21.5. The van der Waals surface area contributed by atoms with Crippen LogP contribution in [0.2, 0.25) is 0 Å². The summed E-state index contributed by atoms with van der Waals surface area (Å²) < 4.78 is 16.5. The summed E-state index contributed by atoms with van der Waals surface area (Å²) in [5, 5.41) is 2.76. The van der Waals surface area contributed by atoms with Gasteiger partial charge in [0.05, 0.1) is 7.11 Å². The molecule has 0 spiro atoms. The Hall–Kier alpha value is -4.20. The second-order valence-electron chi connectivity index (χ2n) is 9.77. The molecule has 1 amide bonds. The van der Waals surface area contributed by atoms with Crippen molar-refractivity contribution in [2.75, 3.05) is 7.11 Å². The lowest BCUT2D eigenvalue weighted by atomic mass is 9.76. The molecule has 1 fully saturated rings. The molecular formula is C31H34N2O6. The third-order valence-electron chi connectivity index (χ3n) is 7.05. The number of amides is 1. The first-order chi connectivity index (χ1) is 18.9. The van der Waals surface area contributed by atoms with Gasteiger partial charge in [-0.3, -0.25) is 9.59 Å². The van der Waals surface area contributed by atoms with E-state index in [2.05, 4.69) is 34.6 Å². The number of ether oxygens (including phenoxy) is 3. The molecule has 2 aromatic carbocycles. The Morgan fingerprint density at radius 2 is 1.72 bits per heavy atom. The van der Waals surface area contributed by atoms with Gasteiger partial charge >= 0.3 is 11.9 Å². The van der Waals surface area contributed by atoms with Gasteiger partial charge in [-0.1, -0.05) is 67.1 Å². The zero-order chi connectivity index (χ0) is 27.8. The zero-order valence-corrected chi connectivity index (χ0v) is 22.5. The predicted molar refractivity (Wildman–Crippen MR) is 146 cm³/mol. The monoisotopic (exact) mass is 530 g/mol. The summed E-state index contributed by atoms with van der Waals surface area (Å²) >= 11 is 0. The Bertz CT molecular complexity index is 1280. The van der Waals surface area contributed by atoms with Gasteiger partial charge in [-0.05, 0) is 43.2 Å². The van der Waals surface area contributed by atoms with Gasteiger partial charge in [0.2, 0.25) is 5.75 Å². The maximum absolute atomic E-state index is 13.4. The Labute approximate surface area is 228 Å². The Kier molecular flexibility index (Phi) is 9.31. The first-order valence-electron chi connectivity index (χ1n) is 13.2. The van der Waals surface area contributed by atoms with Crippen LogP contribution in [0.5, 0.6) is 11.5 Å². The van der Waals surface area contributed by atoms with E-state index in [1.165, 1.54) is 31.9 Å². The molecule has 8 heteroatoms. The molecule has 1 saturated heterocycles. The summed E-state index contributed by atoms with van der Waals surface area (Å²) in [6.07, 6.45) is 3.75. The van der Waals surface area contributed by atoms with Gasteiger partial charge in [0, 0.05) is 25.1 Å². The fourth-order valence-corrected chi connectivity index (χ4v) is 5.32. The number of esters is 2. The van der Waals surface area contributed by atoms with E-state index in [4.69, 9.17) is 14.2 Å². The van der Waals surface area contributed by atoms with E-state index in [9.17, 15) is 14.4 Å². The van der Waals surface area contributed by atoms with Crippen molar-refractivity contribution in [2.24, 2.45) is 5.92 Å². The van der Waals surface area contributed by atoms with Crippen molar-refractivity contribution in [3.8, 4) is 11.5 Å². The maximum Gasteiger partial charge on any atom is 0.328 e. The number of methoxy groups -OCH3 is 1. The standard InChI is InChI=1S/C31H34N2O6/c1-20-27(23-13-8-5-9-14-23)24(19-22-11-6-4-7-12-22)15-10-16-25(31(36)38-20)33-30(35)28-29(39-21(2)34)26(37-3)17-18-32-28/h4-9,11-14,17-18,20,24-25,27H,10,15-16,19H2,1-3H3,(H,33,35)/t20-,24+,25-,27+/m0/s1. The molecule has 1 aromatic heterocycles. The average Bonchev–Trinajstić information content (AvgIpc) is 2.98. The lowest BCUT2D eigenvalue weighted by Gasteiger charge is -2.32. The third kappa shape index (κ3) is 7.02. The summed E-state index contributed by atoms with van der Waals surface area (Å²) in [6.45, 7) is 3.14. The van der Waals surface area contributed by atoms with Crippen LogP contribution in [0.4, 0.5) is 0 Å². The van der Waals surface area contributed by atoms with Gasteiger partial charge in [0.25, 0.3) is 5.91 Å². The first-order valence-corrected chi connectivity index (χ1v) is 13.2. The highest BCUT2D eigenvalue weighted by atomic mass is 16.6. The first kappa shape index (κ1) is 27.8. The highest BCUT2D eigenvalue weighted by Gasteiger charge is 2.35. The van der Waals surface area contributed by atoms with Gasteiger partial charge in [-0.2, -0.15) is 0 Å². The van der Waals surface area contributed by atoms with Crippen molar-refractivity contribution >= 4 is 17.8 Å². The SMILES string of the molecule is COc1ccnc(C(=O)N[C@H]2CCC[C@H](Cc3ccccc3)[C@@H](c3ccccc3)[C@H](C)OC2=O)c1OC(C)=O. The second kappa shape index (κ2) is 13.0. The third-order valence-corrected chi connectivity index (χ3v) is 7.05. The smallest absolute Gasteiger partial charge is 0.328 e. The van der Waals surface area contributed by atoms with Crippen molar-refractivity contribution in [3.05, 3.63) is 89.7 Å². The highest BCUT2D eigenvalue weighted by Crippen LogP contribution is 2.37. The molecule has 2 heterocycles. The van der Waals surface area contributed by atoms with Crippen molar-refractivity contribution in [1.82, 2.24) is 10.3 Å². The summed E-state index contributed by atoms with van der Waals surface area (Å²) in [6, 6.07) is 21.1. The molecule has 0 radical (unpaired) electrons. The minimum Gasteiger partial charge on any atom is -0.493 e. The van der Waals surface area contributed by atoms with Gasteiger partial charge in [-0.25, -0.2) is 9.78 Å². The van der Waals surface area contributed by atoms with Crippen LogP contribution in [0, 0.1) is 5.92 Å². The van der Waals surface area contributed by atoms with E-state index >= 15 is 0 Å². The largest absolute Gasteiger partial charge is 0.493 e. The predicted octanol–water partition coefficient (Wildman–Crippen LogP) is 4.87. The van der Waals surface area contributed by atoms with Crippen LogP contribution in [0.15, 0.2) is 72.9 Å². The van der Waals surface area contributed by atoms with Crippen LogP contribution in [0.25, 0.3) is 0 Å². The van der Waals surface area contributed by atoms with Crippen LogP contribution < -0.4 is 14.8 Å². The number of pyridine rings is 1. The summed E-state index contributed by atoms with van der Waals surface area (Å²) in [5.41, 5.74) is 2.20. The number of cyclic esters (lactones) is 1. The molecular weight excluding hydrogens is 496 g/mol. The second-order valence-corrected chi connectivity index (χ2v) is 9.77. The number of nitrogens with zero attached hydrogens (tertiary/aromatic N) is 1. The summed E-state index contributed by atoms with van der Waals surface area (Å²) in [7, 11) is 1.40. The molecule has 1 aliphatic heterocycles. The van der Waals surface area contributed by atoms with Crippen LogP contribution in [0.3, 0.4) is 0 Å². The van der Waals surface area contributed by atoms with Crippen molar-refractivity contribution in [3.63, 3.8) is 0 Å². The minimum absolute atomic E-state index is 0.0135. The van der Waals surface area contributed by atoms with Gasteiger partial charge in [-0.15, -0.1) is 0 Å². The topological polar surface area (TPSA) is 104 Å². The number of carbonyl (C=O) groups excluding carboxylic acids is 3. The van der Waals surface area contributed by atoms with E-state index in [0.717, 1.165) is 18.4 Å². The van der Waals surface area contributed by atoms with Crippen molar-refractivity contribution in [1.29, 1.82) is 0 Å². The van der Waals surface area contributed by atoms with Crippen LogP contribution in [-0.2, 0) is 20.7 Å². The molecule has 4 atom stereocenters. The Morgan fingerprint density at radius 1 is 1.03 bits per heavy atom. The molecule has 0 saturated carbocycles. The van der Waals surface area contributed by atoms with E-state index in [0.29, 0.717) is 12.8 Å². The molecule has 204 valence electrons. The molecule has 39 heavy (non-hydrogen) atoms. The van der Waals surface area contributed by atoms with E-state index in [1.807, 2.05) is 43.3 Å². The molecule has 0 unspecified atom stereocenters. The molecule has 4 rings (SSSR count). The zero-order valence-electron chi connectivity index (χ0n) is 22.5. The number of aromatic nitrogens is 1. The van der Waals surface area contributed by atoms with Crippen molar-refractivity contribution in [2.45, 2.75) is 57.6 Å². The number of benzene rings is 2. The van der Waals surface area contributed by atoms with Gasteiger partial charge in [0.1, 0.15) is 12.1 Å². The van der Waals surface area contributed by atoms with Crippen molar-refractivity contribution < 1.29 is 28.6 Å². The lowest BCUT2D eigenvalue weighted by Crippen LogP contribution is -2.43. The molecule has 3 aromatic rings. The number of nitrogens with one attached hydrogen (secondary N) is 1. The number of carbonyl (C=O) groups is 3. The molecule has 1 N–H and O–H groups in total. The lowest BCUT2D eigenvalue weighted by molar-refractivity contribution is -0.152. The molecule has 0 aliphatic carbocycles. The van der Waals surface area contributed by atoms with E-state index in [-0.39, 0.29) is 29.0 Å². The fourth-order valence-electron chi connectivity index (χ4n) is 5.32. The molecule has 1 aliphatic rings. The Morgan fingerprint density at radius 3 is 2.38 bits per heavy atom. The van der Waals surface area contributed by atoms with Crippen LogP contribution >= 0.6 is 0 Å². The average molecular weight is 531 g/mol. The summed E-state index contributed by atoms with van der Waals surface area (Å²) in [5.74, 6) is -1.48. The minimum atomic E-state index is -0.884. The number of rotatable bonds is 7. The molecule has 8 nitrogen and oxygen atoms in total. The highest BCUT2D eigenvalue weighted by molar-refractivity contribution is 5.98. The number of hydrogen-bond donors (Lipinski definition) is 1. The maximum atomic E-state index is 13.4. The van der Waals surface area contributed by atoms with Gasteiger partial charge < -0.3 is 19.5 Å². The molecule has 0 bridgehead atoms. The van der Waals surface area contributed by atoms with E-state index < -0.39 is 30.0 Å². The Balaban J connectivity index is 1.58. The van der Waals surface area contributed by atoms with Crippen LogP contribution in [0.1, 0.15) is 60.6 Å². The van der Waals surface area contributed by atoms with Gasteiger partial charge in [0.15, 0.2) is 11.4 Å².